The fourth-order valence-electron chi connectivity index (χ4n) is 1.88. The molecule has 1 amide bonds. The van der Waals surface area contributed by atoms with Crippen LogP contribution in [0.4, 0.5) is 11.4 Å². The molecule has 0 aliphatic rings. The van der Waals surface area contributed by atoms with Crippen molar-refractivity contribution >= 4 is 40.5 Å². The van der Waals surface area contributed by atoms with E-state index >= 15 is 0 Å². The van der Waals surface area contributed by atoms with E-state index in [0.29, 0.717) is 16.4 Å². The number of benzene rings is 2. The van der Waals surface area contributed by atoms with Crippen molar-refractivity contribution in [2.24, 2.45) is 0 Å². The first-order valence-electron chi connectivity index (χ1n) is 6.81. The van der Waals surface area contributed by atoms with Gasteiger partial charge in [0.25, 0.3) is 5.91 Å². The van der Waals surface area contributed by atoms with Crippen LogP contribution in [0, 0.1) is 11.3 Å². The summed E-state index contributed by atoms with van der Waals surface area (Å²) in [4.78, 5) is 13.9. The molecule has 5 nitrogen and oxygen atoms in total. The number of amides is 1. The molecule has 0 saturated carbocycles. The monoisotopic (exact) mass is 361 g/mol. The average Bonchev–Trinajstić information content (AvgIpc) is 2.57. The fourth-order valence-corrected chi connectivity index (χ4v) is 2.23. The van der Waals surface area contributed by atoms with Crippen molar-refractivity contribution in [1.82, 2.24) is 0 Å². The molecule has 2 aromatic carbocycles. The van der Waals surface area contributed by atoms with Crippen LogP contribution in [-0.4, -0.2) is 18.1 Å². The molecule has 7 heteroatoms. The van der Waals surface area contributed by atoms with Crippen LogP contribution in [0.2, 0.25) is 10.0 Å². The van der Waals surface area contributed by atoms with E-state index in [9.17, 15) is 15.2 Å². The van der Waals surface area contributed by atoms with Crippen LogP contribution in [0.5, 0.6) is 5.75 Å². The Labute approximate surface area is 149 Å². The SMILES string of the molecule is CN(/C=C(/C#N)C(=O)Nc1cccc(Cl)c1Cl)c1ccc(O)cc1. The summed E-state index contributed by atoms with van der Waals surface area (Å²) in [6, 6.07) is 13.0. The molecule has 2 aromatic rings. The van der Waals surface area contributed by atoms with Crippen molar-refractivity contribution in [2.45, 2.75) is 0 Å². The van der Waals surface area contributed by atoms with Gasteiger partial charge in [-0.15, -0.1) is 0 Å². The number of nitrogens with one attached hydrogen (secondary N) is 1. The first kappa shape index (κ1) is 17.7. The Balaban J connectivity index is 2.20. The van der Waals surface area contributed by atoms with Crippen LogP contribution in [-0.2, 0) is 4.79 Å². The van der Waals surface area contributed by atoms with Gasteiger partial charge in [0.15, 0.2) is 0 Å². The highest BCUT2D eigenvalue weighted by molar-refractivity contribution is 6.44. The van der Waals surface area contributed by atoms with Crippen molar-refractivity contribution < 1.29 is 9.90 Å². The normalized spacial score (nSPS) is 10.8. The van der Waals surface area contributed by atoms with Crippen LogP contribution in [0.1, 0.15) is 0 Å². The lowest BCUT2D eigenvalue weighted by Crippen LogP contribution is -2.18. The summed E-state index contributed by atoms with van der Waals surface area (Å²) in [7, 11) is 1.68. The van der Waals surface area contributed by atoms with E-state index in [2.05, 4.69) is 5.32 Å². The number of halogens is 2. The number of carbonyl (C=O) groups is 1. The molecule has 0 heterocycles. The lowest BCUT2D eigenvalue weighted by atomic mass is 10.2. The van der Waals surface area contributed by atoms with Gasteiger partial charge >= 0.3 is 0 Å². The van der Waals surface area contributed by atoms with Gasteiger partial charge in [0.2, 0.25) is 0 Å². The Morgan fingerprint density at radius 1 is 1.25 bits per heavy atom. The predicted octanol–water partition coefficient (Wildman–Crippen LogP) is 4.18. The van der Waals surface area contributed by atoms with E-state index in [0.717, 1.165) is 0 Å². The minimum atomic E-state index is -0.604. The van der Waals surface area contributed by atoms with Gasteiger partial charge in [-0.25, -0.2) is 0 Å². The largest absolute Gasteiger partial charge is 0.508 e. The van der Waals surface area contributed by atoms with E-state index in [1.807, 2.05) is 6.07 Å². The minimum Gasteiger partial charge on any atom is -0.508 e. The van der Waals surface area contributed by atoms with Gasteiger partial charge in [0.1, 0.15) is 17.4 Å². The summed E-state index contributed by atoms with van der Waals surface area (Å²) in [5.74, 6) is -0.475. The molecule has 0 aliphatic heterocycles. The number of nitriles is 1. The van der Waals surface area contributed by atoms with Crippen LogP contribution in [0.3, 0.4) is 0 Å². The van der Waals surface area contributed by atoms with Crippen molar-refractivity contribution in [3.05, 3.63) is 64.3 Å². The number of hydrogen-bond donors (Lipinski definition) is 2. The first-order valence-corrected chi connectivity index (χ1v) is 7.57. The summed E-state index contributed by atoms with van der Waals surface area (Å²) in [5, 5.41) is 21.6. The third kappa shape index (κ3) is 4.19. The Morgan fingerprint density at radius 2 is 1.92 bits per heavy atom. The zero-order valence-electron chi connectivity index (χ0n) is 12.6. The highest BCUT2D eigenvalue weighted by atomic mass is 35.5. The Morgan fingerprint density at radius 3 is 2.54 bits per heavy atom. The van der Waals surface area contributed by atoms with Gasteiger partial charge in [-0.2, -0.15) is 5.26 Å². The number of carbonyl (C=O) groups excluding carboxylic acids is 1. The molecule has 0 bridgehead atoms. The van der Waals surface area contributed by atoms with Crippen LogP contribution < -0.4 is 10.2 Å². The molecule has 122 valence electrons. The van der Waals surface area contributed by atoms with Crippen molar-refractivity contribution in [1.29, 1.82) is 5.26 Å². The van der Waals surface area contributed by atoms with E-state index in [1.165, 1.54) is 18.3 Å². The molecule has 0 spiro atoms. The predicted molar refractivity (Wildman–Crippen MR) is 95.3 cm³/mol. The highest BCUT2D eigenvalue weighted by Gasteiger charge is 2.13. The third-order valence-electron chi connectivity index (χ3n) is 3.14. The molecule has 0 atom stereocenters. The molecule has 0 radical (unpaired) electrons. The average molecular weight is 362 g/mol. The summed E-state index contributed by atoms with van der Waals surface area (Å²) < 4.78 is 0. The summed E-state index contributed by atoms with van der Waals surface area (Å²) in [6.45, 7) is 0. The lowest BCUT2D eigenvalue weighted by Gasteiger charge is -2.15. The number of phenols is 1. The van der Waals surface area contributed by atoms with Gasteiger partial charge in [-0.3, -0.25) is 4.79 Å². The smallest absolute Gasteiger partial charge is 0.267 e. The van der Waals surface area contributed by atoms with Gasteiger partial charge in [0, 0.05) is 18.9 Å². The number of anilines is 2. The van der Waals surface area contributed by atoms with Crippen LogP contribution in [0.15, 0.2) is 54.2 Å². The van der Waals surface area contributed by atoms with Crippen LogP contribution >= 0.6 is 23.2 Å². The molecule has 2 rings (SSSR count). The molecular weight excluding hydrogens is 349 g/mol. The summed E-state index contributed by atoms with van der Waals surface area (Å²) in [6.07, 6.45) is 1.39. The van der Waals surface area contributed by atoms with E-state index in [4.69, 9.17) is 23.2 Å². The molecular formula is C17H13Cl2N3O2. The lowest BCUT2D eigenvalue weighted by molar-refractivity contribution is -0.112. The molecule has 0 saturated heterocycles. The maximum absolute atomic E-state index is 12.3. The number of hydrogen-bond acceptors (Lipinski definition) is 4. The van der Waals surface area contributed by atoms with Crippen LogP contribution in [0.25, 0.3) is 0 Å². The van der Waals surface area contributed by atoms with E-state index < -0.39 is 5.91 Å². The Bertz CT molecular complexity index is 827. The molecule has 2 N–H and O–H groups in total. The number of phenolic OH excluding ortho intramolecular Hbond substituents is 1. The summed E-state index contributed by atoms with van der Waals surface area (Å²) >= 11 is 11.9. The zero-order valence-corrected chi connectivity index (χ0v) is 14.1. The molecule has 0 fully saturated rings. The maximum atomic E-state index is 12.3. The van der Waals surface area contributed by atoms with E-state index in [1.54, 1.807) is 42.3 Å². The topological polar surface area (TPSA) is 76.4 Å². The summed E-state index contributed by atoms with van der Waals surface area (Å²) in [5.41, 5.74) is 0.915. The molecule has 0 unspecified atom stereocenters. The van der Waals surface area contributed by atoms with Gasteiger partial charge in [0.05, 0.1) is 15.7 Å². The van der Waals surface area contributed by atoms with E-state index in [-0.39, 0.29) is 16.3 Å². The number of rotatable bonds is 4. The quantitative estimate of drug-likeness (QED) is 0.632. The number of aromatic hydroxyl groups is 1. The second-order valence-electron chi connectivity index (χ2n) is 4.84. The molecule has 0 aliphatic carbocycles. The second-order valence-corrected chi connectivity index (χ2v) is 5.62. The highest BCUT2D eigenvalue weighted by Crippen LogP contribution is 2.29. The standard InChI is InChI=1S/C17H13Cl2N3O2/c1-22(12-5-7-13(23)8-6-12)10-11(9-20)17(24)21-15-4-2-3-14(18)16(15)19/h2-8,10,23H,1H3,(H,21,24)/b11-10-. The third-order valence-corrected chi connectivity index (χ3v) is 3.96. The number of nitrogens with zero attached hydrogens (tertiary/aromatic N) is 2. The van der Waals surface area contributed by atoms with Crippen molar-refractivity contribution in [2.75, 3.05) is 17.3 Å². The minimum absolute atomic E-state index is 0.110. The van der Waals surface area contributed by atoms with Gasteiger partial charge in [-0.1, -0.05) is 29.3 Å². The maximum Gasteiger partial charge on any atom is 0.267 e. The zero-order chi connectivity index (χ0) is 17.7. The Kier molecular flexibility index (Phi) is 5.69. The van der Waals surface area contributed by atoms with Crippen molar-refractivity contribution in [3.63, 3.8) is 0 Å². The second kappa shape index (κ2) is 7.73. The van der Waals surface area contributed by atoms with Gasteiger partial charge in [-0.05, 0) is 36.4 Å². The first-order chi connectivity index (χ1) is 11.4. The molecule has 24 heavy (non-hydrogen) atoms. The Hall–Kier alpha value is -2.68. The fraction of sp³-hybridized carbons (Fsp3) is 0.0588. The van der Waals surface area contributed by atoms with Gasteiger partial charge < -0.3 is 15.3 Å². The molecule has 0 aromatic heterocycles. The van der Waals surface area contributed by atoms with Crippen molar-refractivity contribution in [3.8, 4) is 11.8 Å².